The molecule has 2 N–H and O–H groups in total. The fraction of sp³-hybridized carbons (Fsp3) is 1.00. The molecule has 0 aromatic heterocycles. The third kappa shape index (κ3) is 3.56. The fourth-order valence-corrected chi connectivity index (χ4v) is 2.19. The van der Waals surface area contributed by atoms with Crippen molar-refractivity contribution in [3.05, 3.63) is 0 Å². The minimum absolute atomic E-state index is 0.0382. The molecular weight excluding hydrogens is 233 g/mol. The van der Waals surface area contributed by atoms with Gasteiger partial charge in [-0.05, 0) is 39.4 Å². The zero-order chi connectivity index (χ0) is 12.9. The summed E-state index contributed by atoms with van der Waals surface area (Å²) in [6, 6.07) is 0. The standard InChI is InChI=1S/C11H21F3N2O/c1-2-17-9-10(11(12,13)14)4-7-16(8-10)6-3-5-15/h2-9,15H2,1H3. The summed E-state index contributed by atoms with van der Waals surface area (Å²) in [5.74, 6) is 0. The molecule has 0 aliphatic carbocycles. The van der Waals surface area contributed by atoms with Crippen molar-refractivity contribution in [1.29, 1.82) is 0 Å². The number of alkyl halides is 3. The van der Waals surface area contributed by atoms with Gasteiger partial charge < -0.3 is 15.4 Å². The lowest BCUT2D eigenvalue weighted by molar-refractivity contribution is -0.234. The van der Waals surface area contributed by atoms with Gasteiger partial charge in [0.2, 0.25) is 0 Å². The van der Waals surface area contributed by atoms with Gasteiger partial charge >= 0.3 is 6.18 Å². The maximum atomic E-state index is 13.1. The van der Waals surface area contributed by atoms with Crippen molar-refractivity contribution in [3.8, 4) is 0 Å². The second-order valence-corrected chi connectivity index (χ2v) is 4.58. The molecule has 1 aliphatic rings. The highest BCUT2D eigenvalue weighted by molar-refractivity contribution is 4.95. The highest BCUT2D eigenvalue weighted by Crippen LogP contribution is 2.45. The van der Waals surface area contributed by atoms with Gasteiger partial charge in [0.25, 0.3) is 0 Å². The molecule has 3 nitrogen and oxygen atoms in total. The molecule has 0 amide bonds. The van der Waals surface area contributed by atoms with Gasteiger partial charge in [-0.3, -0.25) is 0 Å². The quantitative estimate of drug-likeness (QED) is 0.783. The summed E-state index contributed by atoms with van der Waals surface area (Å²) in [5, 5.41) is 0. The molecule has 6 heteroatoms. The molecule has 0 radical (unpaired) electrons. The number of ether oxygens (including phenoxy) is 1. The first-order chi connectivity index (χ1) is 7.95. The number of nitrogens with two attached hydrogens (primary N) is 1. The van der Waals surface area contributed by atoms with E-state index in [0.29, 0.717) is 26.2 Å². The van der Waals surface area contributed by atoms with Crippen molar-refractivity contribution in [2.75, 3.05) is 39.4 Å². The largest absolute Gasteiger partial charge is 0.397 e. The van der Waals surface area contributed by atoms with E-state index in [2.05, 4.69) is 0 Å². The van der Waals surface area contributed by atoms with Crippen molar-refractivity contribution >= 4 is 0 Å². The van der Waals surface area contributed by atoms with Crippen LogP contribution in [0.5, 0.6) is 0 Å². The molecule has 17 heavy (non-hydrogen) atoms. The predicted molar refractivity (Wildman–Crippen MR) is 59.7 cm³/mol. The lowest BCUT2D eigenvalue weighted by Gasteiger charge is -2.31. The number of nitrogens with zero attached hydrogens (tertiary/aromatic N) is 1. The Kier molecular flexibility index (Phi) is 5.22. The molecule has 0 bridgehead atoms. The van der Waals surface area contributed by atoms with Crippen LogP contribution < -0.4 is 5.73 Å². The minimum Gasteiger partial charge on any atom is -0.381 e. The summed E-state index contributed by atoms with van der Waals surface area (Å²) in [5.41, 5.74) is 3.68. The summed E-state index contributed by atoms with van der Waals surface area (Å²) in [6.07, 6.45) is -3.33. The van der Waals surface area contributed by atoms with E-state index in [1.807, 2.05) is 4.90 Å². The first-order valence-corrected chi connectivity index (χ1v) is 6.02. The number of hydrogen-bond donors (Lipinski definition) is 1. The molecule has 1 atom stereocenters. The van der Waals surface area contributed by atoms with Gasteiger partial charge in [-0.2, -0.15) is 13.2 Å². The minimum atomic E-state index is -4.19. The summed E-state index contributed by atoms with van der Waals surface area (Å²) < 4.78 is 44.3. The average molecular weight is 254 g/mol. The highest BCUT2D eigenvalue weighted by atomic mass is 19.4. The average Bonchev–Trinajstić information content (AvgIpc) is 2.68. The van der Waals surface area contributed by atoms with E-state index in [0.717, 1.165) is 6.42 Å². The zero-order valence-corrected chi connectivity index (χ0v) is 10.2. The molecule has 1 rings (SSSR count). The summed E-state index contributed by atoms with van der Waals surface area (Å²) in [4.78, 5) is 1.83. The maximum absolute atomic E-state index is 13.1. The van der Waals surface area contributed by atoms with Crippen LogP contribution in [0.2, 0.25) is 0 Å². The van der Waals surface area contributed by atoms with Gasteiger partial charge in [-0.15, -0.1) is 0 Å². The highest BCUT2D eigenvalue weighted by Gasteiger charge is 2.57. The Labute approximate surface area is 100 Å². The van der Waals surface area contributed by atoms with E-state index >= 15 is 0 Å². The van der Waals surface area contributed by atoms with E-state index in [-0.39, 0.29) is 19.6 Å². The van der Waals surface area contributed by atoms with Gasteiger partial charge in [-0.1, -0.05) is 0 Å². The maximum Gasteiger partial charge on any atom is 0.397 e. The van der Waals surface area contributed by atoms with E-state index in [1.54, 1.807) is 6.92 Å². The van der Waals surface area contributed by atoms with E-state index < -0.39 is 11.6 Å². The summed E-state index contributed by atoms with van der Waals surface area (Å²) >= 11 is 0. The molecule has 102 valence electrons. The van der Waals surface area contributed by atoms with Crippen molar-refractivity contribution in [2.24, 2.45) is 11.1 Å². The summed E-state index contributed by atoms with van der Waals surface area (Å²) in [7, 11) is 0. The molecular formula is C11H21F3N2O. The Morgan fingerprint density at radius 2 is 2.12 bits per heavy atom. The Balaban J connectivity index is 2.61. The topological polar surface area (TPSA) is 38.5 Å². The second kappa shape index (κ2) is 6.02. The molecule has 0 spiro atoms. The van der Waals surface area contributed by atoms with Crippen LogP contribution in [0.15, 0.2) is 0 Å². The fourth-order valence-electron chi connectivity index (χ4n) is 2.19. The van der Waals surface area contributed by atoms with Crippen LogP contribution in [0.1, 0.15) is 19.8 Å². The summed E-state index contributed by atoms with van der Waals surface area (Å²) in [6.45, 7) is 3.47. The number of likely N-dealkylation sites (tertiary alicyclic amines) is 1. The van der Waals surface area contributed by atoms with Crippen molar-refractivity contribution in [2.45, 2.75) is 25.9 Å². The Bertz CT molecular complexity index is 235. The lowest BCUT2D eigenvalue weighted by atomic mass is 9.87. The molecule has 1 aliphatic heterocycles. The Hall–Kier alpha value is -0.330. The van der Waals surface area contributed by atoms with Crippen LogP contribution in [0.3, 0.4) is 0 Å². The van der Waals surface area contributed by atoms with Gasteiger partial charge in [-0.25, -0.2) is 0 Å². The van der Waals surface area contributed by atoms with Crippen LogP contribution >= 0.6 is 0 Å². The van der Waals surface area contributed by atoms with Crippen molar-refractivity contribution in [1.82, 2.24) is 4.90 Å². The SMILES string of the molecule is CCOCC1(C(F)(F)F)CCN(CCCN)C1. The van der Waals surface area contributed by atoms with Crippen LogP contribution in [-0.2, 0) is 4.74 Å². The first kappa shape index (κ1) is 14.7. The predicted octanol–water partition coefficient (Wildman–Crippen LogP) is 1.63. The first-order valence-electron chi connectivity index (χ1n) is 6.02. The molecule has 1 saturated heterocycles. The zero-order valence-electron chi connectivity index (χ0n) is 10.2. The molecule has 0 saturated carbocycles. The van der Waals surface area contributed by atoms with Gasteiger partial charge in [0.15, 0.2) is 0 Å². The lowest BCUT2D eigenvalue weighted by Crippen LogP contribution is -2.44. The molecule has 1 unspecified atom stereocenters. The van der Waals surface area contributed by atoms with Crippen molar-refractivity contribution in [3.63, 3.8) is 0 Å². The third-order valence-electron chi connectivity index (χ3n) is 3.30. The molecule has 0 aromatic carbocycles. The Morgan fingerprint density at radius 1 is 1.41 bits per heavy atom. The molecule has 1 heterocycles. The van der Waals surface area contributed by atoms with Gasteiger partial charge in [0, 0.05) is 13.2 Å². The monoisotopic (exact) mass is 254 g/mol. The second-order valence-electron chi connectivity index (χ2n) is 4.58. The van der Waals surface area contributed by atoms with Crippen LogP contribution in [0.4, 0.5) is 13.2 Å². The van der Waals surface area contributed by atoms with Crippen molar-refractivity contribution < 1.29 is 17.9 Å². The van der Waals surface area contributed by atoms with Crippen LogP contribution in [0, 0.1) is 5.41 Å². The number of halogens is 3. The van der Waals surface area contributed by atoms with E-state index in [9.17, 15) is 13.2 Å². The normalized spacial score (nSPS) is 26.6. The smallest absolute Gasteiger partial charge is 0.381 e. The van der Waals surface area contributed by atoms with E-state index in [4.69, 9.17) is 10.5 Å². The van der Waals surface area contributed by atoms with Gasteiger partial charge in [0.1, 0.15) is 5.41 Å². The van der Waals surface area contributed by atoms with Crippen LogP contribution in [-0.4, -0.2) is 50.5 Å². The third-order valence-corrected chi connectivity index (χ3v) is 3.30. The molecule has 0 aromatic rings. The number of hydrogen-bond acceptors (Lipinski definition) is 3. The number of rotatable bonds is 6. The van der Waals surface area contributed by atoms with Crippen LogP contribution in [0.25, 0.3) is 0 Å². The van der Waals surface area contributed by atoms with Gasteiger partial charge in [0.05, 0.1) is 6.61 Å². The Morgan fingerprint density at radius 3 is 2.65 bits per heavy atom. The molecule has 1 fully saturated rings. The van der Waals surface area contributed by atoms with E-state index in [1.165, 1.54) is 0 Å².